The number of nitrogens with one attached hydrogen (secondary N) is 1. The van der Waals surface area contributed by atoms with Gasteiger partial charge in [0.25, 0.3) is 5.56 Å². The van der Waals surface area contributed by atoms with E-state index in [1.54, 1.807) is 0 Å². The summed E-state index contributed by atoms with van der Waals surface area (Å²) in [5, 5.41) is 12.9. The Morgan fingerprint density at radius 2 is 2.12 bits per heavy atom. The van der Waals surface area contributed by atoms with Gasteiger partial charge < -0.3 is 9.88 Å². The van der Waals surface area contributed by atoms with Crippen LogP contribution in [0, 0.1) is 11.3 Å². The highest BCUT2D eigenvalue weighted by molar-refractivity contribution is 7.16. The minimum Gasteiger partial charge on any atom is -0.315 e. The summed E-state index contributed by atoms with van der Waals surface area (Å²) in [7, 11) is 0. The second-order valence-corrected chi connectivity index (χ2v) is 7.46. The number of halogens is 2. The van der Waals surface area contributed by atoms with Crippen LogP contribution < -0.4 is 10.9 Å². The Morgan fingerprint density at radius 3 is 2.88 bits per heavy atom. The summed E-state index contributed by atoms with van der Waals surface area (Å²) in [6, 6.07) is 3.52. The monoisotopic (exact) mass is 381 g/mol. The number of aryl methyl sites for hydroxylation is 1. The van der Waals surface area contributed by atoms with Crippen molar-refractivity contribution in [2.24, 2.45) is 0 Å². The SMILES string of the molecule is N#Cc1c(NC(=O)Cn2cc(Cl)cc(Cl)c2=O)sc2c1CCCC2. The number of thiophene rings is 1. The van der Waals surface area contributed by atoms with Gasteiger partial charge in [-0.2, -0.15) is 5.26 Å². The Morgan fingerprint density at radius 1 is 1.38 bits per heavy atom. The molecule has 3 rings (SSSR count). The van der Waals surface area contributed by atoms with Gasteiger partial charge in [0.15, 0.2) is 0 Å². The summed E-state index contributed by atoms with van der Waals surface area (Å²) in [6.07, 6.45) is 5.33. The van der Waals surface area contributed by atoms with Crippen LogP contribution in [0.15, 0.2) is 17.1 Å². The molecule has 5 nitrogen and oxygen atoms in total. The molecule has 0 bridgehead atoms. The molecule has 0 atom stereocenters. The van der Waals surface area contributed by atoms with Gasteiger partial charge in [-0.05, 0) is 37.3 Å². The third-order valence-electron chi connectivity index (χ3n) is 3.86. The first-order valence-electron chi connectivity index (χ1n) is 7.39. The standard InChI is InChI=1S/C16H13Cl2N3O2S/c17-9-5-12(18)16(23)21(7-9)8-14(22)20-15-11(6-19)10-3-1-2-4-13(10)24-15/h5,7H,1-4,8H2,(H,20,22). The Hall–Kier alpha value is -1.81. The van der Waals surface area contributed by atoms with Crippen LogP contribution in [-0.2, 0) is 24.2 Å². The van der Waals surface area contributed by atoms with Crippen LogP contribution in [-0.4, -0.2) is 10.5 Å². The highest BCUT2D eigenvalue weighted by Gasteiger charge is 2.22. The van der Waals surface area contributed by atoms with Crippen molar-refractivity contribution < 1.29 is 4.79 Å². The number of anilines is 1. The van der Waals surface area contributed by atoms with Crippen molar-refractivity contribution in [2.45, 2.75) is 32.2 Å². The number of carbonyl (C=O) groups is 1. The van der Waals surface area contributed by atoms with Crippen molar-refractivity contribution >= 4 is 45.4 Å². The number of amides is 1. The number of carbonyl (C=O) groups excluding carboxylic acids is 1. The van der Waals surface area contributed by atoms with E-state index in [0.29, 0.717) is 10.6 Å². The maximum absolute atomic E-state index is 12.3. The van der Waals surface area contributed by atoms with E-state index >= 15 is 0 Å². The van der Waals surface area contributed by atoms with Crippen molar-refractivity contribution in [3.8, 4) is 6.07 Å². The molecular weight excluding hydrogens is 369 g/mol. The zero-order chi connectivity index (χ0) is 17.3. The average Bonchev–Trinajstić information content (AvgIpc) is 2.88. The van der Waals surface area contributed by atoms with Crippen LogP contribution in [0.4, 0.5) is 5.00 Å². The number of aromatic nitrogens is 1. The Balaban J connectivity index is 1.83. The van der Waals surface area contributed by atoms with Crippen LogP contribution >= 0.6 is 34.5 Å². The van der Waals surface area contributed by atoms with Crippen molar-refractivity contribution in [1.29, 1.82) is 5.26 Å². The summed E-state index contributed by atoms with van der Waals surface area (Å²) < 4.78 is 1.15. The number of hydrogen-bond acceptors (Lipinski definition) is 4. The molecule has 2 heterocycles. The van der Waals surface area contributed by atoms with Gasteiger partial charge in [-0.3, -0.25) is 9.59 Å². The van der Waals surface area contributed by atoms with Gasteiger partial charge in [-0.15, -0.1) is 11.3 Å². The summed E-state index contributed by atoms with van der Waals surface area (Å²) in [4.78, 5) is 25.4. The van der Waals surface area contributed by atoms with Crippen molar-refractivity contribution in [2.75, 3.05) is 5.32 Å². The lowest BCUT2D eigenvalue weighted by Crippen LogP contribution is -2.27. The quantitative estimate of drug-likeness (QED) is 0.881. The van der Waals surface area contributed by atoms with Gasteiger partial charge in [0.05, 0.1) is 10.6 Å². The van der Waals surface area contributed by atoms with Crippen molar-refractivity contribution in [3.05, 3.63) is 48.7 Å². The van der Waals surface area contributed by atoms with Crippen LogP contribution in [0.1, 0.15) is 28.8 Å². The largest absolute Gasteiger partial charge is 0.315 e. The van der Waals surface area contributed by atoms with E-state index in [1.165, 1.54) is 23.6 Å². The summed E-state index contributed by atoms with van der Waals surface area (Å²) in [6.45, 7) is -0.216. The fraction of sp³-hybridized carbons (Fsp3) is 0.312. The second-order valence-electron chi connectivity index (χ2n) is 5.51. The molecule has 0 saturated carbocycles. The number of nitrogens with zero attached hydrogens (tertiary/aromatic N) is 2. The van der Waals surface area contributed by atoms with Gasteiger partial charge in [-0.25, -0.2) is 0 Å². The fourth-order valence-corrected chi connectivity index (χ4v) is 4.54. The average molecular weight is 382 g/mol. The number of nitriles is 1. The molecule has 2 aromatic heterocycles. The molecule has 1 aliphatic rings. The Bertz CT molecular complexity index is 911. The zero-order valence-corrected chi connectivity index (χ0v) is 14.9. The lowest BCUT2D eigenvalue weighted by Gasteiger charge is -2.09. The summed E-state index contributed by atoms with van der Waals surface area (Å²) >= 11 is 13.1. The van der Waals surface area contributed by atoms with E-state index in [-0.39, 0.29) is 16.6 Å². The molecule has 0 radical (unpaired) electrons. The third kappa shape index (κ3) is 3.34. The molecule has 0 aliphatic heterocycles. The zero-order valence-electron chi connectivity index (χ0n) is 12.6. The summed E-state index contributed by atoms with van der Waals surface area (Å²) in [5.74, 6) is -0.398. The van der Waals surface area contributed by atoms with E-state index in [1.807, 2.05) is 0 Å². The third-order valence-corrected chi connectivity index (χ3v) is 5.54. The Kier molecular flexibility index (Phi) is 4.95. The van der Waals surface area contributed by atoms with Gasteiger partial charge in [0.1, 0.15) is 22.6 Å². The topological polar surface area (TPSA) is 74.9 Å². The molecule has 0 saturated heterocycles. The predicted molar refractivity (Wildman–Crippen MR) is 95.0 cm³/mol. The predicted octanol–water partition coefficient (Wildman–Crippen LogP) is 3.61. The van der Waals surface area contributed by atoms with Crippen LogP contribution in [0.5, 0.6) is 0 Å². The maximum Gasteiger partial charge on any atom is 0.269 e. The first-order valence-corrected chi connectivity index (χ1v) is 8.97. The number of fused-ring (bicyclic) bond motifs is 1. The van der Waals surface area contributed by atoms with Gasteiger partial charge in [0, 0.05) is 11.1 Å². The molecule has 1 aliphatic carbocycles. The van der Waals surface area contributed by atoms with E-state index in [2.05, 4.69) is 11.4 Å². The Labute approximate surface area is 152 Å². The minimum absolute atomic E-state index is 0.0420. The first-order chi connectivity index (χ1) is 11.5. The normalized spacial score (nSPS) is 13.2. The molecule has 24 heavy (non-hydrogen) atoms. The second kappa shape index (κ2) is 6.98. The highest BCUT2D eigenvalue weighted by atomic mass is 35.5. The van der Waals surface area contributed by atoms with E-state index < -0.39 is 11.5 Å². The fourth-order valence-electron chi connectivity index (χ4n) is 2.78. The highest BCUT2D eigenvalue weighted by Crippen LogP contribution is 2.37. The molecule has 124 valence electrons. The molecule has 0 fully saturated rings. The van der Waals surface area contributed by atoms with Crippen molar-refractivity contribution in [1.82, 2.24) is 4.57 Å². The van der Waals surface area contributed by atoms with Crippen LogP contribution in [0.25, 0.3) is 0 Å². The number of hydrogen-bond donors (Lipinski definition) is 1. The molecule has 8 heteroatoms. The molecule has 0 spiro atoms. The van der Waals surface area contributed by atoms with Gasteiger partial charge >= 0.3 is 0 Å². The smallest absolute Gasteiger partial charge is 0.269 e. The number of pyridine rings is 1. The van der Waals surface area contributed by atoms with Gasteiger partial charge in [-0.1, -0.05) is 23.2 Å². The number of rotatable bonds is 3. The molecule has 2 aromatic rings. The summed E-state index contributed by atoms with van der Waals surface area (Å²) in [5.41, 5.74) is 1.11. The van der Waals surface area contributed by atoms with Gasteiger partial charge in [0.2, 0.25) is 5.91 Å². The van der Waals surface area contributed by atoms with E-state index in [0.717, 1.165) is 40.7 Å². The van der Waals surface area contributed by atoms with E-state index in [4.69, 9.17) is 23.2 Å². The van der Waals surface area contributed by atoms with E-state index in [9.17, 15) is 14.9 Å². The van der Waals surface area contributed by atoms with Crippen LogP contribution in [0.3, 0.4) is 0 Å². The molecule has 0 aromatic carbocycles. The maximum atomic E-state index is 12.3. The minimum atomic E-state index is -0.484. The molecular formula is C16H13Cl2N3O2S. The first kappa shape index (κ1) is 17.0. The molecule has 1 amide bonds. The molecule has 0 unspecified atom stereocenters. The lowest BCUT2D eigenvalue weighted by atomic mass is 9.96. The lowest BCUT2D eigenvalue weighted by molar-refractivity contribution is -0.116. The van der Waals surface area contributed by atoms with Crippen molar-refractivity contribution in [3.63, 3.8) is 0 Å². The molecule has 1 N–H and O–H groups in total. The van der Waals surface area contributed by atoms with Crippen LogP contribution in [0.2, 0.25) is 10.0 Å².